The maximum absolute atomic E-state index is 12.1. The number of benzene rings is 1. The largest absolute Gasteiger partial charge is 0.466 e. The lowest BCUT2D eigenvalue weighted by atomic mass is 10.1. The molecule has 0 aromatic heterocycles. The zero-order chi connectivity index (χ0) is 18.1. The van der Waals surface area contributed by atoms with Crippen LogP contribution in [0.15, 0.2) is 36.4 Å². The van der Waals surface area contributed by atoms with Crippen molar-refractivity contribution in [3.05, 3.63) is 47.5 Å². The minimum Gasteiger partial charge on any atom is -0.466 e. The van der Waals surface area contributed by atoms with Gasteiger partial charge >= 0.3 is 5.97 Å². The van der Waals surface area contributed by atoms with Crippen molar-refractivity contribution in [2.24, 2.45) is 0 Å². The summed E-state index contributed by atoms with van der Waals surface area (Å²) in [6.45, 7) is 6.06. The lowest BCUT2D eigenvalue weighted by Crippen LogP contribution is -2.40. The second kappa shape index (κ2) is 9.96. The van der Waals surface area contributed by atoms with Crippen LogP contribution in [0.4, 0.5) is 0 Å². The molecule has 2 rings (SSSR count). The molecule has 1 N–H and O–H groups in total. The summed E-state index contributed by atoms with van der Waals surface area (Å²) in [5.74, 6) is -0.505. The molecular formula is C19H26N2O4. The van der Waals surface area contributed by atoms with Gasteiger partial charge in [-0.15, -0.1) is 0 Å². The van der Waals surface area contributed by atoms with Crippen LogP contribution >= 0.6 is 0 Å². The Morgan fingerprint density at radius 3 is 2.80 bits per heavy atom. The second-order valence-corrected chi connectivity index (χ2v) is 6.08. The molecule has 1 aromatic carbocycles. The van der Waals surface area contributed by atoms with Crippen LogP contribution in [0.3, 0.4) is 0 Å². The van der Waals surface area contributed by atoms with E-state index in [1.165, 1.54) is 18.7 Å². The SMILES string of the molecule is COC(=O)/C=C/CCNC(=O)c1ccc(CN2CCOC(C)C2)cc1. The van der Waals surface area contributed by atoms with E-state index in [0.717, 1.165) is 26.2 Å². The van der Waals surface area contributed by atoms with Crippen LogP contribution < -0.4 is 5.32 Å². The molecule has 1 atom stereocenters. The number of nitrogens with one attached hydrogen (secondary N) is 1. The van der Waals surface area contributed by atoms with Gasteiger partial charge in [-0.3, -0.25) is 9.69 Å². The van der Waals surface area contributed by atoms with E-state index in [9.17, 15) is 9.59 Å². The number of nitrogens with zero attached hydrogens (tertiary/aromatic N) is 1. The fraction of sp³-hybridized carbons (Fsp3) is 0.474. The number of methoxy groups -OCH3 is 1. The third kappa shape index (κ3) is 6.68. The summed E-state index contributed by atoms with van der Waals surface area (Å²) in [7, 11) is 1.33. The van der Waals surface area contributed by atoms with Crippen molar-refractivity contribution in [3.63, 3.8) is 0 Å². The predicted molar refractivity (Wildman–Crippen MR) is 95.2 cm³/mol. The molecular weight excluding hydrogens is 320 g/mol. The van der Waals surface area contributed by atoms with Crippen LogP contribution in [0.5, 0.6) is 0 Å². The summed E-state index contributed by atoms with van der Waals surface area (Å²) in [5.41, 5.74) is 1.82. The van der Waals surface area contributed by atoms with E-state index in [1.807, 2.05) is 24.3 Å². The lowest BCUT2D eigenvalue weighted by molar-refractivity contribution is -0.134. The number of hydrogen-bond acceptors (Lipinski definition) is 5. The Bertz CT molecular complexity index is 598. The number of amides is 1. The molecule has 0 aliphatic carbocycles. The second-order valence-electron chi connectivity index (χ2n) is 6.08. The lowest BCUT2D eigenvalue weighted by Gasteiger charge is -2.31. The first-order valence-electron chi connectivity index (χ1n) is 8.54. The minimum atomic E-state index is -0.392. The number of hydrogen-bond donors (Lipinski definition) is 1. The summed E-state index contributed by atoms with van der Waals surface area (Å²) in [6, 6.07) is 7.68. The Morgan fingerprint density at radius 1 is 1.36 bits per heavy atom. The highest BCUT2D eigenvalue weighted by Gasteiger charge is 2.16. The molecule has 1 aliphatic heterocycles. The van der Waals surface area contributed by atoms with E-state index in [2.05, 4.69) is 21.9 Å². The summed E-state index contributed by atoms with van der Waals surface area (Å²) < 4.78 is 10.0. The van der Waals surface area contributed by atoms with Gasteiger partial charge in [0.1, 0.15) is 0 Å². The molecule has 0 spiro atoms. The maximum atomic E-state index is 12.1. The molecule has 0 bridgehead atoms. The number of rotatable bonds is 7. The van der Waals surface area contributed by atoms with Crippen molar-refractivity contribution >= 4 is 11.9 Å². The summed E-state index contributed by atoms with van der Waals surface area (Å²) >= 11 is 0. The van der Waals surface area contributed by atoms with Crippen molar-refractivity contribution in [3.8, 4) is 0 Å². The molecule has 1 heterocycles. The minimum absolute atomic E-state index is 0.113. The molecule has 1 amide bonds. The molecule has 1 aromatic rings. The van der Waals surface area contributed by atoms with Crippen LogP contribution in [-0.4, -0.2) is 56.2 Å². The molecule has 136 valence electrons. The molecule has 6 nitrogen and oxygen atoms in total. The predicted octanol–water partition coefficient (Wildman–Crippen LogP) is 1.76. The van der Waals surface area contributed by atoms with Gasteiger partial charge in [0, 0.05) is 37.8 Å². The van der Waals surface area contributed by atoms with Crippen LogP contribution in [0.25, 0.3) is 0 Å². The quantitative estimate of drug-likeness (QED) is 0.463. The molecule has 1 saturated heterocycles. The molecule has 1 unspecified atom stereocenters. The number of carbonyl (C=O) groups is 2. The third-order valence-electron chi connectivity index (χ3n) is 4.00. The third-order valence-corrected chi connectivity index (χ3v) is 4.00. The highest BCUT2D eigenvalue weighted by atomic mass is 16.5. The van der Waals surface area contributed by atoms with Crippen molar-refractivity contribution in [1.82, 2.24) is 10.2 Å². The van der Waals surface area contributed by atoms with Gasteiger partial charge in [0.25, 0.3) is 5.91 Å². The van der Waals surface area contributed by atoms with Crippen molar-refractivity contribution in [2.75, 3.05) is 33.4 Å². The Kier molecular flexibility index (Phi) is 7.63. The topological polar surface area (TPSA) is 67.9 Å². The zero-order valence-electron chi connectivity index (χ0n) is 14.9. The standard InChI is InChI=1S/C19H26N2O4/c1-15-13-21(11-12-25-15)14-16-6-8-17(9-7-16)19(23)20-10-4-3-5-18(22)24-2/h3,5-9,15H,4,10-14H2,1-2H3,(H,20,23)/b5-3+. The highest BCUT2D eigenvalue weighted by molar-refractivity contribution is 5.94. The number of morpholine rings is 1. The van der Waals surface area contributed by atoms with E-state index in [4.69, 9.17) is 4.74 Å². The monoisotopic (exact) mass is 346 g/mol. The summed E-state index contributed by atoms with van der Waals surface area (Å²) in [5, 5.41) is 2.83. The summed E-state index contributed by atoms with van der Waals surface area (Å²) in [4.78, 5) is 25.4. The fourth-order valence-corrected chi connectivity index (χ4v) is 2.67. The average Bonchev–Trinajstić information content (AvgIpc) is 2.61. The van der Waals surface area contributed by atoms with Crippen molar-refractivity contribution in [1.29, 1.82) is 0 Å². The Hall–Kier alpha value is -2.18. The molecule has 0 saturated carbocycles. The molecule has 0 radical (unpaired) electrons. The first-order chi connectivity index (χ1) is 12.1. The molecule has 6 heteroatoms. The number of esters is 1. The first-order valence-corrected chi connectivity index (χ1v) is 8.54. The average molecular weight is 346 g/mol. The van der Waals surface area contributed by atoms with Gasteiger partial charge < -0.3 is 14.8 Å². The van der Waals surface area contributed by atoms with Gasteiger partial charge in [-0.05, 0) is 31.0 Å². The van der Waals surface area contributed by atoms with E-state index in [1.54, 1.807) is 6.08 Å². The van der Waals surface area contributed by atoms with Gasteiger partial charge in [-0.2, -0.15) is 0 Å². The molecule has 25 heavy (non-hydrogen) atoms. The number of carbonyl (C=O) groups excluding carboxylic acids is 2. The fourth-order valence-electron chi connectivity index (χ4n) is 2.67. The first kappa shape index (κ1) is 19.1. The Balaban J connectivity index is 1.76. The Labute approximate surface area is 148 Å². The van der Waals surface area contributed by atoms with Crippen LogP contribution in [0.2, 0.25) is 0 Å². The van der Waals surface area contributed by atoms with E-state index in [0.29, 0.717) is 18.5 Å². The van der Waals surface area contributed by atoms with E-state index >= 15 is 0 Å². The van der Waals surface area contributed by atoms with E-state index in [-0.39, 0.29) is 12.0 Å². The van der Waals surface area contributed by atoms with Gasteiger partial charge in [0.15, 0.2) is 0 Å². The maximum Gasteiger partial charge on any atom is 0.330 e. The van der Waals surface area contributed by atoms with Crippen LogP contribution in [0.1, 0.15) is 29.3 Å². The van der Waals surface area contributed by atoms with Gasteiger partial charge in [0.2, 0.25) is 0 Å². The zero-order valence-corrected chi connectivity index (χ0v) is 14.9. The summed E-state index contributed by atoms with van der Waals surface area (Å²) in [6.07, 6.45) is 3.88. The van der Waals surface area contributed by atoms with E-state index < -0.39 is 5.97 Å². The highest BCUT2D eigenvalue weighted by Crippen LogP contribution is 2.11. The smallest absolute Gasteiger partial charge is 0.330 e. The normalized spacial score (nSPS) is 18.2. The molecule has 1 fully saturated rings. The number of ether oxygens (including phenoxy) is 2. The Morgan fingerprint density at radius 2 is 2.12 bits per heavy atom. The van der Waals surface area contributed by atoms with Gasteiger partial charge in [0.05, 0.1) is 19.8 Å². The van der Waals surface area contributed by atoms with Crippen LogP contribution in [0, 0.1) is 0 Å². The van der Waals surface area contributed by atoms with Gasteiger partial charge in [-0.25, -0.2) is 4.79 Å². The van der Waals surface area contributed by atoms with Gasteiger partial charge in [-0.1, -0.05) is 18.2 Å². The van der Waals surface area contributed by atoms with Crippen molar-refractivity contribution < 1.29 is 19.1 Å². The van der Waals surface area contributed by atoms with Crippen molar-refractivity contribution in [2.45, 2.75) is 26.0 Å². The van der Waals surface area contributed by atoms with Crippen LogP contribution in [-0.2, 0) is 20.8 Å². The molecule has 1 aliphatic rings.